The minimum absolute atomic E-state index is 0.230. The number of carbonyl (C=O) groups is 1. The fraction of sp³-hybridized carbons (Fsp3) is 0.190. The monoisotopic (exact) mass is 398 g/mol. The summed E-state index contributed by atoms with van der Waals surface area (Å²) >= 11 is 0. The summed E-state index contributed by atoms with van der Waals surface area (Å²) in [5.41, 5.74) is 1.76. The number of hydrogen-bond acceptors (Lipinski definition) is 5. The second-order valence-electron chi connectivity index (χ2n) is 6.53. The fourth-order valence-electron chi connectivity index (χ4n) is 3.09. The third kappa shape index (κ3) is 3.41. The average Bonchev–Trinajstić information content (AvgIpc) is 2.71. The van der Waals surface area contributed by atoms with Crippen LogP contribution in [0.25, 0.3) is 10.8 Å². The molecule has 0 spiro atoms. The summed E-state index contributed by atoms with van der Waals surface area (Å²) in [6.45, 7) is 0. The lowest BCUT2D eigenvalue weighted by atomic mass is 10.1. The fourth-order valence-corrected chi connectivity index (χ4v) is 4.49. The molecule has 3 rings (SSSR count). The van der Waals surface area contributed by atoms with Crippen LogP contribution in [0.2, 0.25) is 0 Å². The highest BCUT2D eigenvalue weighted by Crippen LogP contribution is 2.32. The van der Waals surface area contributed by atoms with Crippen LogP contribution in [0.4, 0.5) is 11.4 Å². The Kier molecular flexibility index (Phi) is 5.29. The molecule has 0 aliphatic rings. The molecule has 0 saturated carbocycles. The molecule has 0 heterocycles. The number of ether oxygens (including phenoxy) is 1. The molecule has 0 N–H and O–H groups in total. The van der Waals surface area contributed by atoms with E-state index in [0.717, 1.165) is 11.1 Å². The van der Waals surface area contributed by atoms with Crippen LogP contribution in [-0.4, -0.2) is 42.6 Å². The van der Waals surface area contributed by atoms with Crippen molar-refractivity contribution in [1.82, 2.24) is 0 Å². The molecular weight excluding hydrogens is 376 g/mol. The van der Waals surface area contributed by atoms with E-state index in [1.165, 1.54) is 18.5 Å². The van der Waals surface area contributed by atoms with Gasteiger partial charge in [-0.25, -0.2) is 13.2 Å². The SMILES string of the molecule is COC(=O)c1ccc(N(C)S(=O)(=O)c2cccc3c(N(C)C)cccc23)cc1. The smallest absolute Gasteiger partial charge is 0.337 e. The van der Waals surface area contributed by atoms with Crippen LogP contribution >= 0.6 is 0 Å². The van der Waals surface area contributed by atoms with Crippen LogP contribution in [0.1, 0.15) is 10.4 Å². The highest BCUT2D eigenvalue weighted by atomic mass is 32.2. The molecule has 0 fully saturated rings. The van der Waals surface area contributed by atoms with Crippen LogP contribution in [-0.2, 0) is 14.8 Å². The quantitative estimate of drug-likeness (QED) is 0.615. The molecule has 0 saturated heterocycles. The van der Waals surface area contributed by atoms with Gasteiger partial charge in [0.05, 0.1) is 23.3 Å². The van der Waals surface area contributed by atoms with Gasteiger partial charge in [-0.05, 0) is 36.4 Å². The minimum atomic E-state index is -3.80. The third-order valence-corrected chi connectivity index (χ3v) is 6.48. The van der Waals surface area contributed by atoms with Crippen molar-refractivity contribution in [3.05, 3.63) is 66.2 Å². The Morgan fingerprint density at radius 2 is 1.46 bits per heavy atom. The first kappa shape index (κ1) is 19.7. The Morgan fingerprint density at radius 3 is 2.07 bits per heavy atom. The minimum Gasteiger partial charge on any atom is -0.465 e. The van der Waals surface area contributed by atoms with Gasteiger partial charge < -0.3 is 9.64 Å². The van der Waals surface area contributed by atoms with Gasteiger partial charge >= 0.3 is 5.97 Å². The number of sulfonamides is 1. The summed E-state index contributed by atoms with van der Waals surface area (Å²) in [4.78, 5) is 13.8. The van der Waals surface area contributed by atoms with Crippen molar-refractivity contribution in [3.63, 3.8) is 0 Å². The van der Waals surface area contributed by atoms with Gasteiger partial charge in [-0.1, -0.05) is 24.3 Å². The Balaban J connectivity index is 2.08. The van der Waals surface area contributed by atoms with E-state index in [1.54, 1.807) is 36.4 Å². The second kappa shape index (κ2) is 7.52. The maximum Gasteiger partial charge on any atom is 0.337 e. The zero-order valence-corrected chi connectivity index (χ0v) is 17.0. The van der Waals surface area contributed by atoms with E-state index in [9.17, 15) is 13.2 Å². The van der Waals surface area contributed by atoms with Crippen molar-refractivity contribution >= 4 is 38.1 Å². The topological polar surface area (TPSA) is 66.9 Å². The predicted octanol–water partition coefficient (Wildman–Crippen LogP) is 3.52. The molecule has 3 aromatic rings. The van der Waals surface area contributed by atoms with Gasteiger partial charge in [0.25, 0.3) is 10.0 Å². The number of carbonyl (C=O) groups excluding carboxylic acids is 1. The summed E-state index contributed by atoms with van der Waals surface area (Å²) in [6.07, 6.45) is 0. The summed E-state index contributed by atoms with van der Waals surface area (Å²) < 4.78 is 32.5. The molecular formula is C21H22N2O4S. The van der Waals surface area contributed by atoms with Crippen molar-refractivity contribution in [1.29, 1.82) is 0 Å². The van der Waals surface area contributed by atoms with Crippen LogP contribution < -0.4 is 9.21 Å². The third-order valence-electron chi connectivity index (χ3n) is 4.63. The zero-order chi connectivity index (χ0) is 20.5. The highest BCUT2D eigenvalue weighted by Gasteiger charge is 2.24. The lowest BCUT2D eigenvalue weighted by molar-refractivity contribution is 0.0600. The number of methoxy groups -OCH3 is 1. The van der Waals surface area contributed by atoms with Gasteiger partial charge in [-0.3, -0.25) is 4.31 Å². The summed E-state index contributed by atoms with van der Waals surface area (Å²) in [5, 5.41) is 1.52. The molecule has 3 aromatic carbocycles. The van der Waals surface area contributed by atoms with E-state index in [0.29, 0.717) is 16.6 Å². The molecule has 0 bridgehead atoms. The molecule has 146 valence electrons. The van der Waals surface area contributed by atoms with Gasteiger partial charge in [-0.15, -0.1) is 0 Å². The van der Waals surface area contributed by atoms with Crippen molar-refractivity contribution < 1.29 is 17.9 Å². The predicted molar refractivity (Wildman–Crippen MR) is 112 cm³/mol. The first-order valence-electron chi connectivity index (χ1n) is 8.63. The summed E-state index contributed by atoms with van der Waals surface area (Å²) in [7, 11) is 2.84. The van der Waals surface area contributed by atoms with E-state index in [2.05, 4.69) is 4.74 Å². The van der Waals surface area contributed by atoms with Crippen LogP contribution in [0.5, 0.6) is 0 Å². The Hall–Kier alpha value is -3.06. The van der Waals surface area contributed by atoms with E-state index in [1.807, 2.05) is 43.3 Å². The molecule has 0 radical (unpaired) electrons. The number of fused-ring (bicyclic) bond motifs is 1. The van der Waals surface area contributed by atoms with Crippen molar-refractivity contribution in [3.8, 4) is 0 Å². The normalized spacial score (nSPS) is 11.3. The summed E-state index contributed by atoms with van der Waals surface area (Å²) in [5.74, 6) is -0.470. The van der Waals surface area contributed by atoms with E-state index in [4.69, 9.17) is 0 Å². The molecule has 0 unspecified atom stereocenters. The number of anilines is 2. The van der Waals surface area contributed by atoms with Gasteiger partial charge in [0, 0.05) is 37.6 Å². The highest BCUT2D eigenvalue weighted by molar-refractivity contribution is 7.93. The van der Waals surface area contributed by atoms with E-state index >= 15 is 0 Å². The maximum atomic E-state index is 13.3. The van der Waals surface area contributed by atoms with Crippen LogP contribution in [0.3, 0.4) is 0 Å². The van der Waals surface area contributed by atoms with E-state index in [-0.39, 0.29) is 4.90 Å². The standard InChI is InChI=1S/C21H22N2O4S/c1-22(2)19-9-5-8-18-17(19)7-6-10-20(18)28(25,26)23(3)16-13-11-15(12-14-16)21(24)27-4/h5-14H,1-4H3. The van der Waals surface area contributed by atoms with Crippen molar-refractivity contribution in [2.75, 3.05) is 37.5 Å². The molecule has 0 aliphatic heterocycles. The molecule has 0 aliphatic carbocycles. The zero-order valence-electron chi connectivity index (χ0n) is 16.2. The molecule has 0 amide bonds. The number of nitrogens with zero attached hydrogens (tertiary/aromatic N) is 2. The maximum absolute atomic E-state index is 13.3. The Morgan fingerprint density at radius 1 is 0.857 bits per heavy atom. The lowest BCUT2D eigenvalue weighted by Crippen LogP contribution is -2.26. The molecule has 6 nitrogen and oxygen atoms in total. The first-order valence-corrected chi connectivity index (χ1v) is 10.1. The van der Waals surface area contributed by atoms with Crippen LogP contribution in [0.15, 0.2) is 65.6 Å². The number of hydrogen-bond donors (Lipinski definition) is 0. The number of rotatable bonds is 5. The Labute approximate surface area is 165 Å². The number of benzene rings is 3. The van der Waals surface area contributed by atoms with E-state index < -0.39 is 16.0 Å². The first-order chi connectivity index (χ1) is 13.3. The molecule has 7 heteroatoms. The summed E-state index contributed by atoms with van der Waals surface area (Å²) in [6, 6.07) is 17.1. The molecule has 0 atom stereocenters. The van der Waals surface area contributed by atoms with Crippen LogP contribution in [0, 0.1) is 0 Å². The van der Waals surface area contributed by atoms with Crippen molar-refractivity contribution in [2.24, 2.45) is 0 Å². The number of esters is 1. The van der Waals surface area contributed by atoms with Gasteiger partial charge in [0.1, 0.15) is 0 Å². The molecule has 0 aromatic heterocycles. The van der Waals surface area contributed by atoms with Gasteiger partial charge in [0.15, 0.2) is 0 Å². The molecule has 28 heavy (non-hydrogen) atoms. The Bertz CT molecular complexity index is 1120. The lowest BCUT2D eigenvalue weighted by Gasteiger charge is -2.22. The largest absolute Gasteiger partial charge is 0.465 e. The average molecular weight is 398 g/mol. The second-order valence-corrected chi connectivity index (χ2v) is 8.47. The van der Waals surface area contributed by atoms with Gasteiger partial charge in [0.2, 0.25) is 0 Å². The van der Waals surface area contributed by atoms with Crippen molar-refractivity contribution in [2.45, 2.75) is 4.90 Å². The van der Waals surface area contributed by atoms with Gasteiger partial charge in [-0.2, -0.15) is 0 Å².